The fourth-order valence-corrected chi connectivity index (χ4v) is 3.78. The molecule has 4 atom stereocenters. The molecule has 1 heterocycles. The van der Waals surface area contributed by atoms with Crippen LogP contribution >= 0.6 is 0 Å². The smallest absolute Gasteiger partial charge is 0.326 e. The Morgan fingerprint density at radius 3 is 1.74 bits per heavy atom. The molecule has 0 fully saturated rings. The third kappa shape index (κ3) is 8.56. The highest BCUT2D eigenvalue weighted by Crippen LogP contribution is 2.08. The van der Waals surface area contributed by atoms with Gasteiger partial charge in [0.25, 0.3) is 0 Å². The molecule has 0 spiro atoms. The van der Waals surface area contributed by atoms with E-state index in [1.807, 2.05) is 12.1 Å². The van der Waals surface area contributed by atoms with Gasteiger partial charge in [0.15, 0.2) is 0 Å². The number of nitrogens with zero attached hydrogens (tertiary/aromatic N) is 1. The van der Waals surface area contributed by atoms with E-state index in [0.29, 0.717) is 5.69 Å². The number of carboxylic acid groups (broad SMARTS) is 1. The molecular formula is C27H32N6O5. The maximum absolute atomic E-state index is 13.3. The Hall–Kier alpha value is -4.51. The first-order chi connectivity index (χ1) is 18.2. The van der Waals surface area contributed by atoms with Gasteiger partial charge in [-0.2, -0.15) is 0 Å². The highest BCUT2D eigenvalue weighted by Gasteiger charge is 2.30. The molecule has 0 aliphatic carbocycles. The van der Waals surface area contributed by atoms with Crippen LogP contribution in [0.5, 0.6) is 0 Å². The van der Waals surface area contributed by atoms with E-state index in [-0.39, 0.29) is 19.3 Å². The van der Waals surface area contributed by atoms with Crippen molar-refractivity contribution in [3.63, 3.8) is 0 Å². The predicted octanol–water partition coefficient (Wildman–Crippen LogP) is 0.324. The molecule has 0 radical (unpaired) electrons. The number of amides is 3. The molecule has 0 saturated heterocycles. The number of nitrogens with two attached hydrogens (primary N) is 1. The van der Waals surface area contributed by atoms with Gasteiger partial charge in [-0.1, -0.05) is 60.7 Å². The summed E-state index contributed by atoms with van der Waals surface area (Å²) in [6, 6.07) is 13.7. The van der Waals surface area contributed by atoms with Gasteiger partial charge < -0.3 is 31.8 Å². The summed E-state index contributed by atoms with van der Waals surface area (Å²) in [5.74, 6) is -3.03. The van der Waals surface area contributed by atoms with Gasteiger partial charge in [0.05, 0.1) is 12.4 Å². The number of aromatic nitrogens is 2. The Morgan fingerprint density at radius 1 is 0.789 bits per heavy atom. The number of aliphatic carboxylic acids is 1. The van der Waals surface area contributed by atoms with Gasteiger partial charge >= 0.3 is 5.97 Å². The minimum absolute atomic E-state index is 0.0702. The molecule has 0 aliphatic rings. The summed E-state index contributed by atoms with van der Waals surface area (Å²) in [4.78, 5) is 57.8. The van der Waals surface area contributed by atoms with Crippen molar-refractivity contribution in [3.05, 3.63) is 90.0 Å². The number of carbonyl (C=O) groups excluding carboxylic acids is 3. The number of benzene rings is 2. The van der Waals surface area contributed by atoms with Crippen LogP contribution in [0.15, 0.2) is 73.2 Å². The van der Waals surface area contributed by atoms with Gasteiger partial charge in [-0.25, -0.2) is 9.78 Å². The molecule has 2 aromatic carbocycles. The zero-order valence-corrected chi connectivity index (χ0v) is 21.0. The molecule has 7 N–H and O–H groups in total. The quantitative estimate of drug-likeness (QED) is 0.188. The van der Waals surface area contributed by atoms with E-state index in [9.17, 15) is 24.3 Å². The molecule has 3 aromatic rings. The van der Waals surface area contributed by atoms with Crippen molar-refractivity contribution in [2.45, 2.75) is 50.4 Å². The second-order valence-corrected chi connectivity index (χ2v) is 8.97. The van der Waals surface area contributed by atoms with Crippen molar-refractivity contribution in [2.24, 2.45) is 5.73 Å². The average molecular weight is 521 g/mol. The summed E-state index contributed by atoms with van der Waals surface area (Å²) >= 11 is 0. The van der Waals surface area contributed by atoms with Crippen LogP contribution in [0.3, 0.4) is 0 Å². The number of H-pyrrole nitrogens is 1. The molecular weight excluding hydrogens is 488 g/mol. The molecule has 0 saturated carbocycles. The lowest BCUT2D eigenvalue weighted by molar-refractivity contribution is -0.142. The van der Waals surface area contributed by atoms with Crippen LogP contribution in [-0.2, 0) is 38.4 Å². The zero-order valence-electron chi connectivity index (χ0n) is 21.0. The topological polar surface area (TPSA) is 179 Å². The van der Waals surface area contributed by atoms with E-state index in [4.69, 9.17) is 5.73 Å². The Balaban J connectivity index is 1.80. The van der Waals surface area contributed by atoms with Gasteiger partial charge in [-0.05, 0) is 18.1 Å². The van der Waals surface area contributed by atoms with Crippen molar-refractivity contribution in [1.82, 2.24) is 25.9 Å². The highest BCUT2D eigenvalue weighted by atomic mass is 16.4. The maximum Gasteiger partial charge on any atom is 0.326 e. The zero-order chi connectivity index (χ0) is 27.5. The van der Waals surface area contributed by atoms with Crippen LogP contribution in [0, 0.1) is 0 Å². The summed E-state index contributed by atoms with van der Waals surface area (Å²) in [6.45, 7) is 1.49. The summed E-state index contributed by atoms with van der Waals surface area (Å²) in [6.07, 6.45) is 3.22. The Labute approximate surface area is 220 Å². The van der Waals surface area contributed by atoms with Gasteiger partial charge in [-0.15, -0.1) is 0 Å². The highest BCUT2D eigenvalue weighted by molar-refractivity contribution is 5.94. The molecule has 11 nitrogen and oxygen atoms in total. The lowest BCUT2D eigenvalue weighted by Crippen LogP contribution is -2.58. The number of nitrogens with one attached hydrogen (secondary N) is 4. The first-order valence-electron chi connectivity index (χ1n) is 12.2. The molecule has 200 valence electrons. The maximum atomic E-state index is 13.3. The van der Waals surface area contributed by atoms with Crippen LogP contribution in [-0.4, -0.2) is 62.9 Å². The van der Waals surface area contributed by atoms with E-state index >= 15 is 0 Å². The minimum Gasteiger partial charge on any atom is -0.480 e. The average Bonchev–Trinajstić information content (AvgIpc) is 3.41. The predicted molar refractivity (Wildman–Crippen MR) is 140 cm³/mol. The normalized spacial score (nSPS) is 13.9. The van der Waals surface area contributed by atoms with Gasteiger partial charge in [-0.3, -0.25) is 14.4 Å². The molecule has 38 heavy (non-hydrogen) atoms. The molecule has 11 heteroatoms. The SMILES string of the molecule is CC(N)C(=O)NC(Cc1cnc[nH]1)C(=O)NC(Cc1ccccc1)C(=O)NC(Cc1ccccc1)C(=O)O. The van der Waals surface area contributed by atoms with Crippen LogP contribution in [0.2, 0.25) is 0 Å². The fourth-order valence-electron chi connectivity index (χ4n) is 3.78. The largest absolute Gasteiger partial charge is 0.480 e. The second kappa shape index (κ2) is 13.7. The Morgan fingerprint density at radius 2 is 1.26 bits per heavy atom. The number of imidazole rings is 1. The fraction of sp³-hybridized carbons (Fsp3) is 0.296. The van der Waals surface area contributed by atoms with Crippen LogP contribution in [0.25, 0.3) is 0 Å². The van der Waals surface area contributed by atoms with E-state index in [2.05, 4.69) is 25.9 Å². The van der Waals surface area contributed by atoms with Gasteiger partial charge in [0.1, 0.15) is 18.1 Å². The van der Waals surface area contributed by atoms with Gasteiger partial charge in [0, 0.05) is 31.2 Å². The van der Waals surface area contributed by atoms with Crippen molar-refractivity contribution in [2.75, 3.05) is 0 Å². The number of carbonyl (C=O) groups is 4. The summed E-state index contributed by atoms with van der Waals surface area (Å²) in [7, 11) is 0. The van der Waals surface area contributed by atoms with E-state index < -0.39 is 47.9 Å². The van der Waals surface area contributed by atoms with E-state index in [1.54, 1.807) is 48.5 Å². The minimum atomic E-state index is -1.21. The lowest BCUT2D eigenvalue weighted by Gasteiger charge is -2.25. The second-order valence-electron chi connectivity index (χ2n) is 8.97. The van der Waals surface area contributed by atoms with Crippen molar-refractivity contribution in [3.8, 4) is 0 Å². The van der Waals surface area contributed by atoms with Gasteiger partial charge in [0.2, 0.25) is 17.7 Å². The molecule has 0 bridgehead atoms. The van der Waals surface area contributed by atoms with Crippen molar-refractivity contribution in [1.29, 1.82) is 0 Å². The third-order valence-corrected chi connectivity index (χ3v) is 5.84. The number of hydrogen-bond donors (Lipinski definition) is 6. The van der Waals surface area contributed by atoms with E-state index in [0.717, 1.165) is 11.1 Å². The van der Waals surface area contributed by atoms with Crippen LogP contribution in [0.1, 0.15) is 23.7 Å². The number of hydrogen-bond acceptors (Lipinski definition) is 6. The Bertz CT molecular complexity index is 1200. The number of carboxylic acids is 1. The summed E-state index contributed by atoms with van der Waals surface area (Å²) < 4.78 is 0. The van der Waals surface area contributed by atoms with Crippen LogP contribution < -0.4 is 21.7 Å². The lowest BCUT2D eigenvalue weighted by atomic mass is 10.0. The standard InChI is InChI=1S/C27H32N6O5/c1-17(28)24(34)31-22(14-20-15-29-16-30-20)26(36)32-21(12-18-8-4-2-5-9-18)25(35)33-23(27(37)38)13-19-10-6-3-7-11-19/h2-11,15-17,21-23H,12-14,28H2,1H3,(H,29,30)(H,31,34)(H,32,36)(H,33,35)(H,37,38). The molecule has 0 aliphatic heterocycles. The summed E-state index contributed by atoms with van der Waals surface area (Å²) in [5, 5.41) is 17.6. The number of rotatable bonds is 13. The molecule has 4 unspecified atom stereocenters. The summed E-state index contributed by atoms with van der Waals surface area (Å²) in [5.41, 5.74) is 7.76. The molecule has 3 rings (SSSR count). The van der Waals surface area contributed by atoms with Crippen LogP contribution in [0.4, 0.5) is 0 Å². The van der Waals surface area contributed by atoms with E-state index in [1.165, 1.54) is 19.4 Å². The molecule has 1 aromatic heterocycles. The Kier molecular flexibility index (Phi) is 10.1. The van der Waals surface area contributed by atoms with Crippen molar-refractivity contribution >= 4 is 23.7 Å². The first-order valence-corrected chi connectivity index (χ1v) is 12.2. The molecule has 3 amide bonds. The third-order valence-electron chi connectivity index (χ3n) is 5.84. The van der Waals surface area contributed by atoms with Crippen molar-refractivity contribution < 1.29 is 24.3 Å². The monoisotopic (exact) mass is 520 g/mol. The number of aromatic amines is 1. The first kappa shape index (κ1) is 28.1.